The summed E-state index contributed by atoms with van der Waals surface area (Å²) in [5, 5.41) is 0. The van der Waals surface area contributed by atoms with Gasteiger partial charge in [-0.3, -0.25) is 0 Å². The van der Waals surface area contributed by atoms with E-state index in [1.807, 2.05) is 0 Å². The van der Waals surface area contributed by atoms with E-state index in [9.17, 15) is 0 Å². The molecule has 0 aliphatic rings. The van der Waals surface area contributed by atoms with Gasteiger partial charge in [-0.15, -0.1) is 0 Å². The van der Waals surface area contributed by atoms with Gasteiger partial charge in [0.25, 0.3) is 0 Å². The van der Waals surface area contributed by atoms with E-state index in [0.29, 0.717) is 0 Å². The molecule has 0 rings (SSSR count). The molecule has 0 heterocycles. The van der Waals surface area contributed by atoms with Gasteiger partial charge in [0.2, 0.25) is 0 Å². The Morgan fingerprint density at radius 3 is 1.00 bits per heavy atom. The van der Waals surface area contributed by atoms with Crippen LogP contribution in [0.15, 0.2) is 0 Å². The first-order chi connectivity index (χ1) is 2.00. The first-order valence-electron chi connectivity index (χ1n) is 0.783. The van der Waals surface area contributed by atoms with E-state index in [-0.39, 0.29) is 25.3 Å². The van der Waals surface area contributed by atoms with Crippen molar-refractivity contribution in [3.8, 4) is 0 Å². The van der Waals surface area contributed by atoms with Gasteiger partial charge in [-0.25, -0.2) is 4.57 Å². The van der Waals surface area contributed by atoms with Crippen molar-refractivity contribution in [3.63, 3.8) is 0 Å². The number of hydrogen-bond acceptors (Lipinski definition) is 1. The molecule has 0 amide bonds. The van der Waals surface area contributed by atoms with Crippen LogP contribution in [0.5, 0.6) is 0 Å². The summed E-state index contributed by atoms with van der Waals surface area (Å²) in [6, 6.07) is 0. The van der Waals surface area contributed by atoms with Crippen LogP contribution in [0.2, 0.25) is 0 Å². The molecule has 5 N–H and O–H groups in total. The van der Waals surface area contributed by atoms with E-state index in [1.54, 1.807) is 0 Å². The second-order valence-electron chi connectivity index (χ2n) is 0.513. The topological polar surface area (TPSA) is 109 Å². The predicted octanol–water partition coefficient (Wildman–Crippen LogP) is -1.64. The summed E-state index contributed by atoms with van der Waals surface area (Å²) in [5.41, 5.74) is 0. The lowest BCUT2D eigenvalue weighted by atomic mass is 15.8. The summed E-state index contributed by atoms with van der Waals surface area (Å²) in [6.45, 7) is 0. The minimum atomic E-state index is -4.64. The summed E-state index contributed by atoms with van der Waals surface area (Å²) in [7, 11) is -4.64. The Hall–Kier alpha value is 0.930. The lowest BCUT2D eigenvalue weighted by Gasteiger charge is -1.82. The Labute approximate surface area is 53.3 Å². The van der Waals surface area contributed by atoms with Crippen LogP contribution in [-0.4, -0.2) is 20.2 Å². The molecule has 0 aromatic heterocycles. The van der Waals surface area contributed by atoms with E-state index < -0.39 is 7.82 Å². The molecule has 0 aromatic rings. The molecule has 2 unspecified atom stereocenters. The zero-order valence-electron chi connectivity index (χ0n) is 4.11. The van der Waals surface area contributed by atoms with Crippen LogP contribution in [0.3, 0.4) is 0 Å². The van der Waals surface area contributed by atoms with Gasteiger partial charge in [0.15, 0.2) is 0 Å². The van der Waals surface area contributed by atoms with E-state index in [1.165, 1.54) is 0 Å². The van der Waals surface area contributed by atoms with Crippen molar-refractivity contribution in [1.82, 2.24) is 0 Å². The molecule has 8 heavy (non-hydrogen) atoms. The monoisotopic (exact) mass is 184 g/mol. The van der Waals surface area contributed by atoms with Crippen LogP contribution in [0, 0.1) is 0 Å². The Balaban J connectivity index is -0.0000000267. The molecule has 5 nitrogen and oxygen atoms in total. The van der Waals surface area contributed by atoms with E-state index in [4.69, 9.17) is 19.2 Å². The molecule has 0 saturated carbocycles. The minimum absolute atomic E-state index is 0. The van der Waals surface area contributed by atoms with Gasteiger partial charge in [0, 0.05) is 0 Å². The standard InChI is InChI=1S/H3O4P.H2O.2H3P/c1-5(2,3)4;;;/h(H3,1,2,3,4);1H2;2*1H3. The van der Waals surface area contributed by atoms with Gasteiger partial charge in [-0.1, -0.05) is 0 Å². The van der Waals surface area contributed by atoms with Crippen molar-refractivity contribution in [1.29, 1.82) is 0 Å². The Morgan fingerprint density at radius 1 is 1.00 bits per heavy atom. The van der Waals surface area contributed by atoms with Crippen LogP contribution < -0.4 is 0 Å². The van der Waals surface area contributed by atoms with Crippen LogP contribution in [0.25, 0.3) is 0 Å². The molecule has 56 valence electrons. The van der Waals surface area contributed by atoms with Crippen molar-refractivity contribution in [2.45, 2.75) is 0 Å². The van der Waals surface area contributed by atoms with Crippen molar-refractivity contribution in [3.05, 3.63) is 0 Å². The van der Waals surface area contributed by atoms with Crippen molar-refractivity contribution in [2.75, 3.05) is 0 Å². The van der Waals surface area contributed by atoms with Gasteiger partial charge < -0.3 is 20.2 Å². The predicted molar refractivity (Wildman–Crippen MR) is 40.1 cm³/mol. The first-order valence-corrected chi connectivity index (χ1v) is 2.35. The normalized spacial score (nSPS) is 7.38. The quantitative estimate of drug-likeness (QED) is 0.392. The zero-order chi connectivity index (χ0) is 4.50. The highest BCUT2D eigenvalue weighted by Crippen LogP contribution is 2.25. The molecule has 0 saturated heterocycles. The summed E-state index contributed by atoms with van der Waals surface area (Å²) in [5.74, 6) is 0. The first kappa shape index (κ1) is 23.1. The number of phosphoric acid groups is 1. The average molecular weight is 184 g/mol. The Bertz CT molecular complexity index is 53.8. The summed E-state index contributed by atoms with van der Waals surface area (Å²) >= 11 is 0. The highest BCUT2D eigenvalue weighted by atomic mass is 31.2. The Morgan fingerprint density at radius 2 is 1.00 bits per heavy atom. The number of rotatable bonds is 0. The molecule has 0 aliphatic carbocycles. The minimum Gasteiger partial charge on any atom is -0.412 e. The van der Waals surface area contributed by atoms with Gasteiger partial charge in [0.05, 0.1) is 0 Å². The Kier molecular flexibility index (Phi) is 22.9. The maximum absolute atomic E-state index is 8.88. The average Bonchev–Trinajstić information content (AvgIpc) is 0.722. The van der Waals surface area contributed by atoms with Crippen LogP contribution in [-0.2, 0) is 4.57 Å². The van der Waals surface area contributed by atoms with E-state index >= 15 is 0 Å². The third-order valence-corrected chi connectivity index (χ3v) is 0. The third-order valence-electron chi connectivity index (χ3n) is 0. The van der Waals surface area contributed by atoms with Gasteiger partial charge in [0.1, 0.15) is 0 Å². The summed E-state index contributed by atoms with van der Waals surface area (Å²) in [4.78, 5) is 21.6. The lowest BCUT2D eigenvalue weighted by molar-refractivity contribution is 0.275. The fourth-order valence-corrected chi connectivity index (χ4v) is 0. The second-order valence-corrected chi connectivity index (χ2v) is 1.54. The molecule has 0 radical (unpaired) electrons. The molecule has 2 atom stereocenters. The SMILES string of the molecule is O.O=P(O)(O)O.P.P. The van der Waals surface area contributed by atoms with E-state index in [2.05, 4.69) is 0 Å². The molecule has 0 aromatic carbocycles. The molecular weight excluding hydrogens is 173 g/mol. The molecule has 0 bridgehead atoms. The highest BCUT2D eigenvalue weighted by molar-refractivity contribution is 7.45. The van der Waals surface area contributed by atoms with Crippen LogP contribution in [0.1, 0.15) is 0 Å². The zero-order valence-corrected chi connectivity index (χ0v) is 7.83. The van der Waals surface area contributed by atoms with Gasteiger partial charge in [-0.05, 0) is 0 Å². The van der Waals surface area contributed by atoms with Crippen molar-refractivity contribution in [2.24, 2.45) is 0 Å². The molecule has 8 heteroatoms. The third kappa shape index (κ3) is 282. The molecule has 0 fully saturated rings. The van der Waals surface area contributed by atoms with Crippen molar-refractivity contribution < 1.29 is 24.7 Å². The maximum atomic E-state index is 8.88. The highest BCUT2D eigenvalue weighted by Gasteiger charge is 2.00. The van der Waals surface area contributed by atoms with E-state index in [0.717, 1.165) is 0 Å². The number of hydrogen-bond donors (Lipinski definition) is 3. The molecular formula is H11O5P3. The van der Waals surface area contributed by atoms with Crippen LogP contribution in [0.4, 0.5) is 0 Å². The van der Waals surface area contributed by atoms with Crippen LogP contribution >= 0.6 is 27.6 Å². The molecule has 0 spiro atoms. The summed E-state index contributed by atoms with van der Waals surface area (Å²) < 4.78 is 8.88. The molecule has 0 aliphatic heterocycles. The summed E-state index contributed by atoms with van der Waals surface area (Å²) in [6.07, 6.45) is 0. The largest absolute Gasteiger partial charge is 0.466 e. The van der Waals surface area contributed by atoms with Crippen molar-refractivity contribution >= 4 is 27.6 Å². The fraction of sp³-hybridized carbons (Fsp3) is 0. The van der Waals surface area contributed by atoms with Gasteiger partial charge >= 0.3 is 7.82 Å². The fourth-order valence-electron chi connectivity index (χ4n) is 0. The maximum Gasteiger partial charge on any atom is 0.466 e. The smallest absolute Gasteiger partial charge is 0.412 e. The second kappa shape index (κ2) is 7.93. The van der Waals surface area contributed by atoms with Gasteiger partial charge in [-0.2, -0.15) is 19.8 Å². The lowest BCUT2D eigenvalue weighted by Crippen LogP contribution is -1.66.